The summed E-state index contributed by atoms with van der Waals surface area (Å²) in [7, 11) is 0. The summed E-state index contributed by atoms with van der Waals surface area (Å²) in [6, 6.07) is 26.3. The van der Waals surface area contributed by atoms with E-state index < -0.39 is 11.7 Å². The predicted octanol–water partition coefficient (Wildman–Crippen LogP) is 7.91. The van der Waals surface area contributed by atoms with Gasteiger partial charge in [0.15, 0.2) is 0 Å². The first-order valence-corrected chi connectivity index (χ1v) is 12.2. The van der Waals surface area contributed by atoms with Crippen LogP contribution in [0.25, 0.3) is 0 Å². The van der Waals surface area contributed by atoms with Crippen molar-refractivity contribution in [2.45, 2.75) is 45.6 Å². The fraction of sp³-hybridized carbons (Fsp3) is 0.233. The van der Waals surface area contributed by atoms with Crippen molar-refractivity contribution in [3.8, 4) is 0 Å². The van der Waals surface area contributed by atoms with Gasteiger partial charge in [0.1, 0.15) is 0 Å². The third-order valence-electron chi connectivity index (χ3n) is 6.22. The molecular weight excluding hydrogens is 475 g/mol. The van der Waals surface area contributed by atoms with E-state index in [9.17, 15) is 18.0 Å². The van der Waals surface area contributed by atoms with Crippen molar-refractivity contribution in [2.75, 3.05) is 5.32 Å². The summed E-state index contributed by atoms with van der Waals surface area (Å²) < 4.78 is 41.4. The molecule has 4 rings (SSSR count). The first-order valence-electron chi connectivity index (χ1n) is 12.2. The maximum absolute atomic E-state index is 13.4. The Hall–Kier alpha value is -4.00. The molecule has 0 saturated carbocycles. The predicted molar refractivity (Wildman–Crippen MR) is 140 cm³/mol. The first-order chi connectivity index (χ1) is 17.7. The minimum absolute atomic E-state index is 0.257. The molecule has 0 aliphatic rings. The highest BCUT2D eigenvalue weighted by Crippen LogP contribution is 2.30. The van der Waals surface area contributed by atoms with Gasteiger partial charge in [-0.2, -0.15) is 13.2 Å². The molecule has 1 heterocycles. The number of alkyl halides is 3. The molecule has 0 unspecified atom stereocenters. The minimum atomic E-state index is -4.40. The Morgan fingerprint density at radius 2 is 1.57 bits per heavy atom. The van der Waals surface area contributed by atoms with Crippen LogP contribution in [-0.2, 0) is 25.8 Å². The zero-order valence-electron chi connectivity index (χ0n) is 20.9. The van der Waals surface area contributed by atoms with Gasteiger partial charge in [-0.25, -0.2) is 4.79 Å². The van der Waals surface area contributed by atoms with E-state index in [1.807, 2.05) is 77.5 Å². The van der Waals surface area contributed by atoms with E-state index in [-0.39, 0.29) is 19.1 Å². The normalized spacial score (nSPS) is 11.5. The van der Waals surface area contributed by atoms with Crippen LogP contribution in [0.4, 0.5) is 23.7 Å². The Kier molecular flexibility index (Phi) is 8.01. The van der Waals surface area contributed by atoms with Crippen molar-refractivity contribution in [3.63, 3.8) is 0 Å². The first kappa shape index (κ1) is 26.1. The Labute approximate surface area is 215 Å². The Morgan fingerprint density at radius 1 is 0.865 bits per heavy atom. The molecule has 4 nitrogen and oxygen atoms in total. The number of rotatable bonds is 8. The van der Waals surface area contributed by atoms with Crippen molar-refractivity contribution >= 4 is 11.7 Å². The summed E-state index contributed by atoms with van der Waals surface area (Å²) in [6.07, 6.45) is -2.58. The molecular formula is C30H30F3N3O. The van der Waals surface area contributed by atoms with Gasteiger partial charge >= 0.3 is 12.2 Å². The van der Waals surface area contributed by atoms with Gasteiger partial charge in [0.2, 0.25) is 0 Å². The maximum atomic E-state index is 13.4. The van der Waals surface area contributed by atoms with E-state index in [1.54, 1.807) is 11.0 Å². The van der Waals surface area contributed by atoms with Crippen molar-refractivity contribution in [3.05, 3.63) is 125 Å². The molecule has 1 aromatic heterocycles. The van der Waals surface area contributed by atoms with Gasteiger partial charge in [-0.15, -0.1) is 0 Å². The zero-order valence-corrected chi connectivity index (χ0v) is 20.9. The number of carbonyl (C=O) groups excluding carboxylic acids is 1. The number of nitrogens with one attached hydrogen (secondary N) is 1. The molecule has 0 radical (unpaired) electrons. The number of anilines is 1. The third-order valence-corrected chi connectivity index (χ3v) is 6.22. The van der Waals surface area contributed by atoms with Crippen LogP contribution in [0.5, 0.6) is 0 Å². The molecule has 0 aliphatic heterocycles. The fourth-order valence-electron chi connectivity index (χ4n) is 4.14. The molecule has 0 saturated heterocycles. The number of hydrogen-bond acceptors (Lipinski definition) is 1. The van der Waals surface area contributed by atoms with E-state index >= 15 is 0 Å². The Morgan fingerprint density at radius 3 is 2.24 bits per heavy atom. The SMILES string of the molecule is CC(C)c1ccc(NC(=O)N(Cc2ccccc2)Cc2cccn2Cc2cccc(C(F)(F)F)c2)cc1. The average Bonchev–Trinajstić information content (AvgIpc) is 3.30. The molecule has 192 valence electrons. The number of carbonyl (C=O) groups is 1. The summed E-state index contributed by atoms with van der Waals surface area (Å²) in [5.74, 6) is 0.393. The van der Waals surface area contributed by atoms with Crippen LogP contribution in [0.2, 0.25) is 0 Å². The second-order valence-corrected chi connectivity index (χ2v) is 9.37. The molecule has 0 aliphatic carbocycles. The number of nitrogens with zero attached hydrogens (tertiary/aromatic N) is 2. The van der Waals surface area contributed by atoms with Crippen molar-refractivity contribution in [1.29, 1.82) is 0 Å². The molecule has 7 heteroatoms. The van der Waals surface area contributed by atoms with E-state index in [2.05, 4.69) is 19.2 Å². The van der Waals surface area contributed by atoms with Crippen molar-refractivity contribution in [2.24, 2.45) is 0 Å². The van der Waals surface area contributed by atoms with Crippen LogP contribution in [0.1, 0.15) is 47.7 Å². The number of hydrogen-bond donors (Lipinski definition) is 1. The van der Waals surface area contributed by atoms with E-state index in [1.165, 1.54) is 17.7 Å². The summed E-state index contributed by atoms with van der Waals surface area (Å²) >= 11 is 0. The molecule has 1 N–H and O–H groups in total. The Balaban J connectivity index is 1.54. The number of aromatic nitrogens is 1. The van der Waals surface area contributed by atoms with Gasteiger partial charge in [0, 0.05) is 30.7 Å². The van der Waals surface area contributed by atoms with Crippen molar-refractivity contribution in [1.82, 2.24) is 9.47 Å². The second-order valence-electron chi connectivity index (χ2n) is 9.37. The van der Waals surface area contributed by atoms with Gasteiger partial charge in [-0.05, 0) is 59.0 Å². The standard InChI is InChI=1S/C30H30F3N3O/c1-22(2)25-13-15-27(16-14-25)34-29(37)36(19-23-8-4-3-5-9-23)21-28-12-7-17-35(28)20-24-10-6-11-26(18-24)30(31,32)33/h3-18,22H,19-21H2,1-2H3,(H,34,37). The fourth-order valence-corrected chi connectivity index (χ4v) is 4.14. The van der Waals surface area contributed by atoms with Crippen LogP contribution in [-0.4, -0.2) is 15.5 Å². The molecule has 0 spiro atoms. The number of amides is 2. The summed E-state index contributed by atoms with van der Waals surface area (Å²) in [5.41, 5.74) is 3.55. The average molecular weight is 506 g/mol. The molecule has 3 aromatic carbocycles. The number of urea groups is 1. The monoisotopic (exact) mass is 505 g/mol. The van der Waals surface area contributed by atoms with Crippen LogP contribution in [0.15, 0.2) is 97.2 Å². The maximum Gasteiger partial charge on any atom is 0.416 e. The van der Waals surface area contributed by atoms with Crippen molar-refractivity contribution < 1.29 is 18.0 Å². The Bertz CT molecular complexity index is 1310. The molecule has 2 amide bonds. The largest absolute Gasteiger partial charge is 0.416 e. The zero-order chi connectivity index (χ0) is 26.4. The van der Waals surface area contributed by atoms with Gasteiger partial charge < -0.3 is 14.8 Å². The lowest BCUT2D eigenvalue weighted by Crippen LogP contribution is -2.34. The number of halogens is 3. The summed E-state index contributed by atoms with van der Waals surface area (Å²) in [5, 5.41) is 2.99. The quantitative estimate of drug-likeness (QED) is 0.260. The highest BCUT2D eigenvalue weighted by molar-refractivity contribution is 5.89. The molecule has 0 fully saturated rings. The highest BCUT2D eigenvalue weighted by Gasteiger charge is 2.30. The topological polar surface area (TPSA) is 37.3 Å². The molecule has 4 aromatic rings. The van der Waals surface area contributed by atoms with Crippen LogP contribution in [0.3, 0.4) is 0 Å². The van der Waals surface area contributed by atoms with Crippen LogP contribution >= 0.6 is 0 Å². The van der Waals surface area contributed by atoms with E-state index in [0.29, 0.717) is 23.7 Å². The summed E-state index contributed by atoms with van der Waals surface area (Å²) in [6.45, 7) is 5.17. The molecule has 0 atom stereocenters. The van der Waals surface area contributed by atoms with Gasteiger partial charge in [-0.3, -0.25) is 0 Å². The van der Waals surface area contributed by atoms with E-state index in [0.717, 1.165) is 17.3 Å². The molecule has 37 heavy (non-hydrogen) atoms. The lowest BCUT2D eigenvalue weighted by Gasteiger charge is -2.24. The smallest absolute Gasteiger partial charge is 0.345 e. The van der Waals surface area contributed by atoms with Crippen LogP contribution in [0, 0.1) is 0 Å². The summed E-state index contributed by atoms with van der Waals surface area (Å²) in [4.78, 5) is 15.1. The lowest BCUT2D eigenvalue weighted by molar-refractivity contribution is -0.137. The third kappa shape index (κ3) is 7.03. The van der Waals surface area contributed by atoms with Gasteiger partial charge in [-0.1, -0.05) is 68.4 Å². The highest BCUT2D eigenvalue weighted by atomic mass is 19.4. The number of benzene rings is 3. The lowest BCUT2D eigenvalue weighted by atomic mass is 10.0. The van der Waals surface area contributed by atoms with Gasteiger partial charge in [0.25, 0.3) is 0 Å². The molecule has 0 bridgehead atoms. The van der Waals surface area contributed by atoms with Crippen LogP contribution < -0.4 is 5.32 Å². The second kappa shape index (κ2) is 11.4. The van der Waals surface area contributed by atoms with E-state index in [4.69, 9.17) is 0 Å². The minimum Gasteiger partial charge on any atom is -0.345 e. The van der Waals surface area contributed by atoms with Gasteiger partial charge in [0.05, 0.1) is 12.1 Å².